The summed E-state index contributed by atoms with van der Waals surface area (Å²) in [5, 5.41) is 17.4. The highest BCUT2D eigenvalue weighted by atomic mass is 32.2. The molecule has 0 saturated heterocycles. The zero-order valence-corrected chi connectivity index (χ0v) is 16.1. The first kappa shape index (κ1) is 20.1. The molecule has 1 N–H and O–H groups in total. The number of carbonyl (C=O) groups excluding carboxylic acids is 1. The Balaban J connectivity index is 1.92. The van der Waals surface area contributed by atoms with E-state index >= 15 is 0 Å². The van der Waals surface area contributed by atoms with Crippen LogP contribution in [0.1, 0.15) is 28.7 Å². The third-order valence-corrected chi connectivity index (χ3v) is 4.66. The number of ketones is 1. The fourth-order valence-corrected chi connectivity index (χ4v) is 3.25. The third kappa shape index (κ3) is 4.82. The average Bonchev–Trinajstić information content (AvgIpc) is 2.67. The summed E-state index contributed by atoms with van der Waals surface area (Å²) in [6.45, 7) is 3.28. The Morgan fingerprint density at radius 1 is 1.31 bits per heavy atom. The van der Waals surface area contributed by atoms with Gasteiger partial charge in [-0.3, -0.25) is 4.79 Å². The summed E-state index contributed by atoms with van der Waals surface area (Å²) >= 11 is 0. The number of pyridine rings is 1. The van der Waals surface area contributed by atoms with Gasteiger partial charge in [0.1, 0.15) is 12.3 Å². The second-order valence-electron chi connectivity index (χ2n) is 5.71. The van der Waals surface area contributed by atoms with Crippen LogP contribution in [0, 0.1) is 6.92 Å². The lowest BCUT2D eigenvalue weighted by Gasteiger charge is -2.16. The first-order chi connectivity index (χ1) is 13.8. The van der Waals surface area contributed by atoms with Crippen molar-refractivity contribution in [3.8, 4) is 0 Å². The van der Waals surface area contributed by atoms with E-state index in [4.69, 9.17) is 9.57 Å². The van der Waals surface area contributed by atoms with E-state index in [1.165, 1.54) is 31.3 Å². The molecule has 0 saturated carbocycles. The van der Waals surface area contributed by atoms with E-state index in [2.05, 4.69) is 29.8 Å². The number of anilines is 1. The number of nitrogens with one attached hydrogen (secondary N) is 1. The Morgan fingerprint density at radius 2 is 2.10 bits per heavy atom. The number of hydrogen-bond donors (Lipinski definition) is 1. The quantitative estimate of drug-likeness (QED) is 0.382. The molecule has 0 aromatic carbocycles. The van der Waals surface area contributed by atoms with Crippen LogP contribution < -0.4 is 10.4 Å². The van der Waals surface area contributed by atoms with Crippen molar-refractivity contribution in [2.24, 2.45) is 9.55 Å². The SMILES string of the molecule is CC(=O)c1cc(C)nc(NC([O-])=NS(=O)(=O)c2ncccc2C2=NOCCO2)n1. The summed E-state index contributed by atoms with van der Waals surface area (Å²) in [4.78, 5) is 27.9. The largest absolute Gasteiger partial charge is 0.845 e. The number of ether oxygens (including phenoxy) is 1. The van der Waals surface area contributed by atoms with Gasteiger partial charge in [-0.2, -0.15) is 12.8 Å². The lowest BCUT2D eigenvalue weighted by atomic mass is 10.3. The van der Waals surface area contributed by atoms with Crippen molar-refractivity contribution >= 4 is 33.7 Å². The predicted octanol–water partition coefficient (Wildman–Crippen LogP) is -0.392. The molecule has 3 heterocycles. The summed E-state index contributed by atoms with van der Waals surface area (Å²) in [7, 11) is -4.53. The van der Waals surface area contributed by atoms with E-state index in [1.807, 2.05) is 0 Å². The summed E-state index contributed by atoms with van der Waals surface area (Å²) in [5.41, 5.74) is 0.465. The molecule has 1 aliphatic heterocycles. The van der Waals surface area contributed by atoms with Crippen molar-refractivity contribution in [1.82, 2.24) is 15.0 Å². The molecule has 152 valence electrons. The number of hydrogen-bond acceptors (Lipinski definition) is 10. The van der Waals surface area contributed by atoms with Crippen LogP contribution in [0.2, 0.25) is 0 Å². The predicted molar refractivity (Wildman–Crippen MR) is 97.7 cm³/mol. The Hall–Kier alpha value is -3.61. The molecule has 13 heteroatoms. The first-order valence-corrected chi connectivity index (χ1v) is 9.64. The van der Waals surface area contributed by atoms with E-state index < -0.39 is 21.1 Å². The van der Waals surface area contributed by atoms with Crippen molar-refractivity contribution in [3.05, 3.63) is 41.3 Å². The van der Waals surface area contributed by atoms with Crippen molar-refractivity contribution < 1.29 is 27.9 Å². The summed E-state index contributed by atoms with van der Waals surface area (Å²) in [6, 6.07) is 3.03. The maximum atomic E-state index is 12.6. The van der Waals surface area contributed by atoms with E-state index in [0.29, 0.717) is 5.69 Å². The van der Waals surface area contributed by atoms with Gasteiger partial charge in [-0.1, -0.05) is 0 Å². The van der Waals surface area contributed by atoms with E-state index in [1.54, 1.807) is 6.92 Å². The lowest BCUT2D eigenvalue weighted by Crippen LogP contribution is -2.30. The molecular formula is C16H15N6O6S-. The number of sulfonamides is 1. The number of amidine groups is 1. The van der Waals surface area contributed by atoms with Gasteiger partial charge in [-0.25, -0.2) is 15.0 Å². The molecule has 0 unspecified atom stereocenters. The van der Waals surface area contributed by atoms with Gasteiger partial charge in [0.2, 0.25) is 5.95 Å². The van der Waals surface area contributed by atoms with Gasteiger partial charge in [-0.15, -0.1) is 0 Å². The second-order valence-corrected chi connectivity index (χ2v) is 7.22. The molecule has 1 aliphatic rings. The molecule has 12 nitrogen and oxygen atoms in total. The molecule has 0 amide bonds. The minimum absolute atomic E-state index is 0.00517. The first-order valence-electron chi connectivity index (χ1n) is 8.20. The summed E-state index contributed by atoms with van der Waals surface area (Å²) in [6.07, 6.45) is 1.22. The fraction of sp³-hybridized carbons (Fsp3) is 0.250. The molecular weight excluding hydrogens is 404 g/mol. The lowest BCUT2D eigenvalue weighted by molar-refractivity contribution is -0.213. The van der Waals surface area contributed by atoms with Crippen LogP contribution in [0.25, 0.3) is 0 Å². The Kier molecular flexibility index (Phi) is 5.68. The highest BCUT2D eigenvalue weighted by Crippen LogP contribution is 2.18. The normalized spacial score (nSPS) is 14.4. The minimum atomic E-state index is -4.53. The van der Waals surface area contributed by atoms with Crippen LogP contribution in [0.4, 0.5) is 5.95 Å². The third-order valence-electron chi connectivity index (χ3n) is 3.44. The van der Waals surface area contributed by atoms with Crippen LogP contribution in [0.3, 0.4) is 0 Å². The number of nitrogens with zero attached hydrogens (tertiary/aromatic N) is 5. The zero-order chi connectivity index (χ0) is 21.0. The van der Waals surface area contributed by atoms with E-state index in [9.17, 15) is 18.3 Å². The van der Waals surface area contributed by atoms with Gasteiger partial charge >= 0.3 is 10.0 Å². The molecule has 2 aromatic rings. The van der Waals surface area contributed by atoms with Crippen molar-refractivity contribution in [2.45, 2.75) is 18.9 Å². The highest BCUT2D eigenvalue weighted by molar-refractivity contribution is 7.90. The summed E-state index contributed by atoms with van der Waals surface area (Å²) in [5.74, 6) is -0.690. The van der Waals surface area contributed by atoms with Crippen LogP contribution in [-0.4, -0.2) is 54.3 Å². The molecule has 0 fully saturated rings. The maximum Gasteiger partial charge on any atom is 0.301 e. The Morgan fingerprint density at radius 3 is 2.79 bits per heavy atom. The minimum Gasteiger partial charge on any atom is -0.845 e. The van der Waals surface area contributed by atoms with Crippen molar-refractivity contribution in [2.75, 3.05) is 18.5 Å². The van der Waals surface area contributed by atoms with Gasteiger partial charge in [0.15, 0.2) is 17.4 Å². The zero-order valence-electron chi connectivity index (χ0n) is 15.3. The number of Topliss-reactive ketones (excluding diaryl/α,β-unsaturated/α-hetero) is 1. The molecule has 0 radical (unpaired) electrons. The molecule has 3 rings (SSSR count). The summed E-state index contributed by atoms with van der Waals surface area (Å²) < 4.78 is 33.7. The molecule has 0 bridgehead atoms. The van der Waals surface area contributed by atoms with Crippen molar-refractivity contribution in [1.29, 1.82) is 0 Å². The molecule has 29 heavy (non-hydrogen) atoms. The Labute approximate surface area is 165 Å². The maximum absolute atomic E-state index is 12.6. The van der Waals surface area contributed by atoms with Gasteiger partial charge in [0.25, 0.3) is 5.90 Å². The monoisotopic (exact) mass is 419 g/mol. The van der Waals surface area contributed by atoms with Crippen LogP contribution in [0.5, 0.6) is 0 Å². The number of aromatic nitrogens is 3. The fourth-order valence-electron chi connectivity index (χ4n) is 2.27. The number of rotatable bonds is 5. The second kappa shape index (κ2) is 8.18. The molecule has 0 spiro atoms. The molecule has 0 aliphatic carbocycles. The standard InChI is InChI=1S/C16H16N6O6S/c1-9-8-12(10(2)23)19-15(18-9)20-16(24)22-29(25,26)14-11(4-3-5-17-14)13-21-28-7-6-27-13/h3-5,8H,6-7H2,1-2H3,(H2,18,19,20,22,24)/p-1. The van der Waals surface area contributed by atoms with Crippen LogP contribution >= 0.6 is 0 Å². The number of aryl methyl sites for hydroxylation is 1. The van der Waals surface area contributed by atoms with E-state index in [0.717, 1.165) is 0 Å². The van der Waals surface area contributed by atoms with Gasteiger partial charge in [0, 0.05) is 18.8 Å². The number of carbonyl (C=O) groups is 1. The average molecular weight is 419 g/mol. The smallest absolute Gasteiger partial charge is 0.301 e. The van der Waals surface area contributed by atoms with Gasteiger partial charge in [-0.05, 0) is 30.3 Å². The van der Waals surface area contributed by atoms with Gasteiger partial charge in [0.05, 0.1) is 11.6 Å². The molecule has 2 aromatic heterocycles. The van der Waals surface area contributed by atoms with Crippen molar-refractivity contribution in [3.63, 3.8) is 0 Å². The van der Waals surface area contributed by atoms with E-state index in [-0.39, 0.29) is 42.1 Å². The van der Waals surface area contributed by atoms with Crippen LogP contribution in [-0.2, 0) is 19.6 Å². The topological polar surface area (TPSA) is 168 Å². The highest BCUT2D eigenvalue weighted by Gasteiger charge is 2.25. The molecule has 0 atom stereocenters. The number of oxime groups is 1. The Bertz CT molecular complexity index is 1110. The van der Waals surface area contributed by atoms with Crippen LogP contribution in [0.15, 0.2) is 39.0 Å². The van der Waals surface area contributed by atoms with Gasteiger partial charge < -0.3 is 20.0 Å².